The van der Waals surface area contributed by atoms with Crippen LogP contribution in [0.4, 0.5) is 0 Å². The summed E-state index contributed by atoms with van der Waals surface area (Å²) in [5, 5.41) is 2.73. The van der Waals surface area contributed by atoms with E-state index in [9.17, 15) is 0 Å². The topological polar surface area (TPSA) is 27.7 Å². The van der Waals surface area contributed by atoms with Crippen LogP contribution < -0.4 is 10.4 Å². The van der Waals surface area contributed by atoms with E-state index in [0.29, 0.717) is 0 Å². The van der Waals surface area contributed by atoms with Crippen LogP contribution in [0.15, 0.2) is 60.7 Å². The highest BCUT2D eigenvalue weighted by Crippen LogP contribution is 2.38. The predicted molar refractivity (Wildman–Crippen MR) is 195 cm³/mol. The molecule has 0 bridgehead atoms. The highest BCUT2D eigenvalue weighted by molar-refractivity contribution is 6.99. The molecule has 4 heteroatoms. The molecule has 0 N–H and O–H groups in total. The number of unbranched alkanes of at least 4 members (excludes halogenated alkanes) is 12. The van der Waals surface area contributed by atoms with Crippen LogP contribution in [0.5, 0.6) is 0 Å². The van der Waals surface area contributed by atoms with Gasteiger partial charge < -0.3 is 13.9 Å². The molecule has 2 unspecified atom stereocenters. The minimum Gasteiger partial charge on any atom is -0.405 e. The van der Waals surface area contributed by atoms with Crippen LogP contribution in [-0.2, 0) is 13.9 Å². The quantitative estimate of drug-likeness (QED) is 0.0779. The first-order chi connectivity index (χ1) is 21.9. The molecule has 2 aromatic carbocycles. The van der Waals surface area contributed by atoms with Crippen molar-refractivity contribution in [3.8, 4) is 11.8 Å². The Bertz CT molecular complexity index is 1020. The van der Waals surface area contributed by atoms with Gasteiger partial charge in [0.1, 0.15) is 0 Å². The second-order valence-electron chi connectivity index (χ2n) is 14.1. The van der Waals surface area contributed by atoms with Crippen molar-refractivity contribution in [3.63, 3.8) is 0 Å². The Hall–Kier alpha value is -1.90. The van der Waals surface area contributed by atoms with E-state index in [1.54, 1.807) is 0 Å². The molecule has 2 aromatic rings. The zero-order chi connectivity index (χ0) is 32.1. The lowest BCUT2D eigenvalue weighted by atomic mass is 10.1. The molecule has 0 aromatic heterocycles. The van der Waals surface area contributed by atoms with Gasteiger partial charge in [0.25, 0.3) is 8.32 Å². The Morgan fingerprint density at radius 2 is 1.22 bits per heavy atom. The fraction of sp³-hybridized carbons (Fsp3) is 0.659. The fourth-order valence-electron chi connectivity index (χ4n) is 6.67. The van der Waals surface area contributed by atoms with Crippen molar-refractivity contribution in [2.24, 2.45) is 0 Å². The third-order valence-corrected chi connectivity index (χ3v) is 14.4. The first kappa shape index (κ1) is 37.6. The van der Waals surface area contributed by atoms with Gasteiger partial charge in [-0.3, -0.25) is 0 Å². The van der Waals surface area contributed by atoms with Crippen molar-refractivity contribution in [1.82, 2.24) is 0 Å². The van der Waals surface area contributed by atoms with Gasteiger partial charge >= 0.3 is 0 Å². The van der Waals surface area contributed by atoms with Crippen molar-refractivity contribution < 1.29 is 13.9 Å². The summed E-state index contributed by atoms with van der Waals surface area (Å²) in [5.41, 5.74) is 0. The molecule has 2 atom stereocenters. The van der Waals surface area contributed by atoms with Crippen molar-refractivity contribution in [1.29, 1.82) is 0 Å². The number of benzene rings is 2. The smallest absolute Gasteiger partial charge is 0.261 e. The summed E-state index contributed by atoms with van der Waals surface area (Å²) in [7, 11) is -2.48. The Morgan fingerprint density at radius 1 is 0.711 bits per heavy atom. The van der Waals surface area contributed by atoms with Gasteiger partial charge in [-0.05, 0) is 67.3 Å². The summed E-state index contributed by atoms with van der Waals surface area (Å²) in [5.74, 6) is 6.89. The standard InChI is InChI=1S/C41H64O3Si/c1-37(44-45(41(2,3)4,38-30-22-19-23-31-38)39-32-24-20-25-33-39)29-21-17-15-13-11-9-7-5-6-8-10-12-14-16-18-27-35-42-40-34-26-28-36-43-40/h19-20,22-25,30-33,37,40H,5-12,14,16-18,21,26-29,34-36H2,1-4H3. The Morgan fingerprint density at radius 3 is 1.73 bits per heavy atom. The highest BCUT2D eigenvalue weighted by atomic mass is 28.4. The predicted octanol–water partition coefficient (Wildman–Crippen LogP) is 10.3. The van der Waals surface area contributed by atoms with Crippen molar-refractivity contribution in [2.45, 2.75) is 161 Å². The molecule has 1 aliphatic rings. The van der Waals surface area contributed by atoms with Gasteiger partial charge in [-0.1, -0.05) is 139 Å². The number of ether oxygens (including phenoxy) is 2. The normalized spacial score (nSPS) is 16.2. The zero-order valence-corrected chi connectivity index (χ0v) is 30.3. The highest BCUT2D eigenvalue weighted by Gasteiger charge is 2.50. The van der Waals surface area contributed by atoms with Crippen LogP contribution in [0.1, 0.15) is 143 Å². The number of rotatable bonds is 21. The molecule has 1 fully saturated rings. The molecule has 0 saturated carbocycles. The summed E-state index contributed by atoms with van der Waals surface area (Å²) in [4.78, 5) is 0. The Kier molecular flexibility index (Phi) is 18.2. The van der Waals surface area contributed by atoms with Crippen LogP contribution in [0.2, 0.25) is 5.04 Å². The van der Waals surface area contributed by atoms with E-state index < -0.39 is 8.32 Å². The maximum atomic E-state index is 7.21. The first-order valence-corrected chi connectivity index (χ1v) is 20.3. The fourth-order valence-corrected chi connectivity index (χ4v) is 11.4. The lowest BCUT2D eigenvalue weighted by Gasteiger charge is -2.44. The monoisotopic (exact) mass is 632 g/mol. The summed E-state index contributed by atoms with van der Waals surface area (Å²) in [6.45, 7) is 11.1. The van der Waals surface area contributed by atoms with E-state index in [2.05, 4.69) is 100 Å². The number of hydrogen-bond donors (Lipinski definition) is 0. The van der Waals surface area contributed by atoms with Crippen LogP contribution >= 0.6 is 0 Å². The molecule has 0 spiro atoms. The van der Waals surface area contributed by atoms with E-state index in [1.807, 2.05) is 0 Å². The lowest BCUT2D eigenvalue weighted by Crippen LogP contribution is -2.67. The maximum absolute atomic E-state index is 7.21. The molecular weight excluding hydrogens is 569 g/mol. The molecule has 1 aliphatic heterocycles. The SMILES string of the molecule is CC(CCCC#CCCCCCCCCCCCCCOC1CCCCO1)O[Si](c1ccccc1)(c1ccccc1)C(C)(C)C. The van der Waals surface area contributed by atoms with Gasteiger partial charge in [-0.2, -0.15) is 0 Å². The number of hydrogen-bond acceptors (Lipinski definition) is 3. The van der Waals surface area contributed by atoms with Gasteiger partial charge in [0.15, 0.2) is 6.29 Å². The second kappa shape index (κ2) is 21.8. The average Bonchev–Trinajstić information content (AvgIpc) is 3.05. The van der Waals surface area contributed by atoms with E-state index >= 15 is 0 Å². The molecule has 1 heterocycles. The average molecular weight is 633 g/mol. The molecule has 3 nitrogen and oxygen atoms in total. The second-order valence-corrected chi connectivity index (χ2v) is 18.4. The summed E-state index contributed by atoms with van der Waals surface area (Å²) < 4.78 is 18.7. The molecule has 0 radical (unpaired) electrons. The van der Waals surface area contributed by atoms with E-state index in [-0.39, 0.29) is 17.4 Å². The maximum Gasteiger partial charge on any atom is 0.261 e. The third-order valence-electron chi connectivity index (χ3n) is 9.22. The molecule has 3 rings (SSSR count). The first-order valence-electron chi connectivity index (χ1n) is 18.4. The van der Waals surface area contributed by atoms with Crippen molar-refractivity contribution in [3.05, 3.63) is 60.7 Å². The largest absolute Gasteiger partial charge is 0.405 e. The molecule has 0 aliphatic carbocycles. The minimum atomic E-state index is -2.48. The molecule has 0 amide bonds. The zero-order valence-electron chi connectivity index (χ0n) is 29.3. The van der Waals surface area contributed by atoms with Crippen LogP contribution in [-0.4, -0.2) is 33.9 Å². The van der Waals surface area contributed by atoms with Crippen molar-refractivity contribution >= 4 is 18.7 Å². The van der Waals surface area contributed by atoms with Gasteiger partial charge in [-0.15, -0.1) is 11.8 Å². The Labute approximate surface area is 278 Å². The summed E-state index contributed by atoms with van der Waals surface area (Å²) in [6.07, 6.45) is 22.6. The van der Waals surface area contributed by atoms with E-state index in [1.165, 1.54) is 93.8 Å². The van der Waals surface area contributed by atoms with Gasteiger partial charge in [0.05, 0.1) is 0 Å². The van der Waals surface area contributed by atoms with Gasteiger partial charge in [0.2, 0.25) is 0 Å². The Balaban J connectivity index is 1.21. The minimum absolute atomic E-state index is 0.0177. The van der Waals surface area contributed by atoms with Crippen LogP contribution in [0, 0.1) is 11.8 Å². The third kappa shape index (κ3) is 13.8. The van der Waals surface area contributed by atoms with Crippen LogP contribution in [0.25, 0.3) is 0 Å². The summed E-state index contributed by atoms with van der Waals surface area (Å²) >= 11 is 0. The van der Waals surface area contributed by atoms with E-state index in [4.69, 9.17) is 13.9 Å². The van der Waals surface area contributed by atoms with Crippen molar-refractivity contribution in [2.75, 3.05) is 13.2 Å². The summed E-state index contributed by atoms with van der Waals surface area (Å²) in [6, 6.07) is 21.9. The molecule has 45 heavy (non-hydrogen) atoms. The molecular formula is C41H64O3Si. The van der Waals surface area contributed by atoms with Gasteiger partial charge in [0, 0.05) is 32.2 Å². The molecule has 1 saturated heterocycles. The van der Waals surface area contributed by atoms with Gasteiger partial charge in [-0.25, -0.2) is 0 Å². The van der Waals surface area contributed by atoms with E-state index in [0.717, 1.165) is 45.3 Å². The van der Waals surface area contributed by atoms with Crippen LogP contribution in [0.3, 0.4) is 0 Å². The lowest BCUT2D eigenvalue weighted by molar-refractivity contribution is -0.162. The molecule has 250 valence electrons.